The van der Waals surface area contributed by atoms with Crippen LogP contribution in [0.4, 0.5) is 10.5 Å². The number of benzene rings is 2. The van der Waals surface area contributed by atoms with Crippen molar-refractivity contribution in [1.29, 1.82) is 0 Å². The smallest absolute Gasteiger partial charge is 0.315 e. The molecule has 1 saturated heterocycles. The van der Waals surface area contributed by atoms with Crippen LogP contribution in [-0.2, 0) is 4.79 Å². The first-order valence-electron chi connectivity index (χ1n) is 8.21. The molecule has 2 N–H and O–H groups in total. The van der Waals surface area contributed by atoms with E-state index in [1.807, 2.05) is 37.3 Å². The van der Waals surface area contributed by atoms with Crippen LogP contribution in [0.5, 0.6) is 0 Å². The number of carbonyl (C=O) groups is 2. The molecule has 1 aliphatic heterocycles. The standard InChI is InChI=1S/C19H20ClN3O2/c1-13(14-5-3-2-4-6-14)21-19(25)22-16-11-18(24)23(12-16)17-9-7-15(20)8-10-17/h2-10,13,16H,11-12H2,1H3,(H2,21,22,25)/t13-,16-/m1/s1. The molecule has 0 aliphatic carbocycles. The van der Waals surface area contributed by atoms with Crippen molar-refractivity contribution >= 4 is 29.2 Å². The van der Waals surface area contributed by atoms with Crippen molar-refractivity contribution in [1.82, 2.24) is 10.6 Å². The van der Waals surface area contributed by atoms with Gasteiger partial charge in [-0.3, -0.25) is 4.79 Å². The second kappa shape index (κ2) is 7.57. The summed E-state index contributed by atoms with van der Waals surface area (Å²) in [6.45, 7) is 2.38. The monoisotopic (exact) mass is 357 g/mol. The maximum atomic E-state index is 12.2. The molecule has 25 heavy (non-hydrogen) atoms. The van der Waals surface area contributed by atoms with Crippen LogP contribution in [0.3, 0.4) is 0 Å². The van der Waals surface area contributed by atoms with Gasteiger partial charge in [-0.1, -0.05) is 41.9 Å². The van der Waals surface area contributed by atoms with E-state index in [4.69, 9.17) is 11.6 Å². The van der Waals surface area contributed by atoms with E-state index in [2.05, 4.69) is 10.6 Å². The van der Waals surface area contributed by atoms with Gasteiger partial charge in [0.05, 0.1) is 12.1 Å². The number of halogens is 1. The number of hydrogen-bond acceptors (Lipinski definition) is 2. The van der Waals surface area contributed by atoms with Crippen molar-refractivity contribution in [2.24, 2.45) is 0 Å². The zero-order valence-electron chi connectivity index (χ0n) is 13.9. The highest BCUT2D eigenvalue weighted by Gasteiger charge is 2.31. The van der Waals surface area contributed by atoms with Gasteiger partial charge in [0, 0.05) is 23.7 Å². The minimum atomic E-state index is -0.271. The van der Waals surface area contributed by atoms with Crippen molar-refractivity contribution in [3.63, 3.8) is 0 Å². The fourth-order valence-electron chi connectivity index (χ4n) is 2.92. The highest BCUT2D eigenvalue weighted by molar-refractivity contribution is 6.30. The summed E-state index contributed by atoms with van der Waals surface area (Å²) < 4.78 is 0. The maximum absolute atomic E-state index is 12.2. The number of anilines is 1. The Morgan fingerprint density at radius 1 is 1.16 bits per heavy atom. The molecule has 5 nitrogen and oxygen atoms in total. The third kappa shape index (κ3) is 4.31. The minimum Gasteiger partial charge on any atom is -0.333 e. The largest absolute Gasteiger partial charge is 0.333 e. The second-order valence-corrected chi connectivity index (χ2v) is 6.57. The molecular weight excluding hydrogens is 338 g/mol. The van der Waals surface area contributed by atoms with Gasteiger partial charge in [0.15, 0.2) is 0 Å². The summed E-state index contributed by atoms with van der Waals surface area (Å²) in [7, 11) is 0. The number of rotatable bonds is 4. The van der Waals surface area contributed by atoms with Crippen molar-refractivity contribution in [2.45, 2.75) is 25.4 Å². The zero-order chi connectivity index (χ0) is 17.8. The SMILES string of the molecule is C[C@@H](NC(=O)N[C@@H]1CC(=O)N(c2ccc(Cl)cc2)C1)c1ccccc1. The van der Waals surface area contributed by atoms with Gasteiger partial charge in [-0.2, -0.15) is 0 Å². The molecule has 2 aromatic rings. The minimum absolute atomic E-state index is 0.0104. The molecule has 0 radical (unpaired) electrons. The summed E-state index contributed by atoms with van der Waals surface area (Å²) in [5, 5.41) is 6.41. The molecule has 2 aromatic carbocycles. The van der Waals surface area contributed by atoms with Gasteiger partial charge in [0.25, 0.3) is 0 Å². The quantitative estimate of drug-likeness (QED) is 0.879. The van der Waals surface area contributed by atoms with Crippen LogP contribution in [0.15, 0.2) is 54.6 Å². The average molecular weight is 358 g/mol. The van der Waals surface area contributed by atoms with E-state index in [9.17, 15) is 9.59 Å². The predicted octanol–water partition coefficient (Wildman–Crippen LogP) is 3.51. The normalized spacial score (nSPS) is 18.1. The Hall–Kier alpha value is -2.53. The van der Waals surface area contributed by atoms with Crippen LogP contribution < -0.4 is 15.5 Å². The Kier molecular flexibility index (Phi) is 5.24. The highest BCUT2D eigenvalue weighted by Crippen LogP contribution is 2.23. The first-order valence-corrected chi connectivity index (χ1v) is 8.58. The summed E-state index contributed by atoms with van der Waals surface area (Å²) in [6, 6.07) is 16.3. The van der Waals surface area contributed by atoms with Crippen LogP contribution in [0, 0.1) is 0 Å². The fourth-order valence-corrected chi connectivity index (χ4v) is 3.05. The van der Waals surface area contributed by atoms with Crippen molar-refractivity contribution in [3.8, 4) is 0 Å². The van der Waals surface area contributed by atoms with Crippen molar-refractivity contribution in [3.05, 3.63) is 65.2 Å². The third-order valence-corrected chi connectivity index (χ3v) is 4.50. The lowest BCUT2D eigenvalue weighted by atomic mass is 10.1. The number of carbonyl (C=O) groups excluding carboxylic acids is 2. The number of hydrogen-bond donors (Lipinski definition) is 2. The number of nitrogens with one attached hydrogen (secondary N) is 2. The molecular formula is C19H20ClN3O2. The molecule has 1 fully saturated rings. The summed E-state index contributed by atoms with van der Waals surface area (Å²) in [4.78, 5) is 26.1. The van der Waals surface area contributed by atoms with Gasteiger partial charge in [0.1, 0.15) is 0 Å². The first kappa shape index (κ1) is 17.3. The molecule has 1 heterocycles. The van der Waals surface area contributed by atoms with E-state index < -0.39 is 0 Å². The van der Waals surface area contributed by atoms with E-state index in [-0.39, 0.29) is 30.4 Å². The molecule has 0 unspecified atom stereocenters. The molecule has 0 saturated carbocycles. The van der Waals surface area contributed by atoms with Gasteiger partial charge >= 0.3 is 6.03 Å². The summed E-state index contributed by atoms with van der Waals surface area (Å²) in [5.41, 5.74) is 1.82. The first-order chi connectivity index (χ1) is 12.0. The highest BCUT2D eigenvalue weighted by atomic mass is 35.5. The lowest BCUT2D eigenvalue weighted by Crippen LogP contribution is -2.44. The van der Waals surface area contributed by atoms with Crippen LogP contribution >= 0.6 is 11.6 Å². The average Bonchev–Trinajstić information content (AvgIpc) is 2.96. The van der Waals surface area contributed by atoms with E-state index in [0.29, 0.717) is 11.6 Å². The van der Waals surface area contributed by atoms with Crippen molar-refractivity contribution in [2.75, 3.05) is 11.4 Å². The predicted molar refractivity (Wildman–Crippen MR) is 98.7 cm³/mol. The molecule has 0 bridgehead atoms. The molecule has 0 spiro atoms. The van der Waals surface area contributed by atoms with Gasteiger partial charge < -0.3 is 15.5 Å². The number of nitrogens with zero attached hydrogens (tertiary/aromatic N) is 1. The Balaban J connectivity index is 1.56. The van der Waals surface area contributed by atoms with Crippen molar-refractivity contribution < 1.29 is 9.59 Å². The van der Waals surface area contributed by atoms with E-state index >= 15 is 0 Å². The van der Waals surface area contributed by atoms with E-state index in [1.54, 1.807) is 29.2 Å². The lowest BCUT2D eigenvalue weighted by molar-refractivity contribution is -0.117. The van der Waals surface area contributed by atoms with Crippen LogP contribution in [0.2, 0.25) is 5.02 Å². The fraction of sp³-hybridized carbons (Fsp3) is 0.263. The summed E-state index contributed by atoms with van der Waals surface area (Å²) in [5.74, 6) is -0.0104. The Labute approximate surface area is 152 Å². The maximum Gasteiger partial charge on any atom is 0.315 e. The molecule has 6 heteroatoms. The lowest BCUT2D eigenvalue weighted by Gasteiger charge is -2.19. The Morgan fingerprint density at radius 3 is 2.52 bits per heavy atom. The Bertz CT molecular complexity index is 749. The zero-order valence-corrected chi connectivity index (χ0v) is 14.7. The molecule has 2 atom stereocenters. The topological polar surface area (TPSA) is 61.4 Å². The molecule has 3 amide bonds. The second-order valence-electron chi connectivity index (χ2n) is 6.13. The number of amides is 3. The van der Waals surface area contributed by atoms with E-state index in [0.717, 1.165) is 11.3 Å². The summed E-state index contributed by atoms with van der Waals surface area (Å²) in [6.07, 6.45) is 0.287. The molecule has 3 rings (SSSR count). The molecule has 1 aliphatic rings. The van der Waals surface area contributed by atoms with E-state index in [1.165, 1.54) is 0 Å². The van der Waals surface area contributed by atoms with Gasteiger partial charge in [-0.05, 0) is 36.8 Å². The van der Waals surface area contributed by atoms with Crippen LogP contribution in [0.25, 0.3) is 0 Å². The Morgan fingerprint density at radius 2 is 1.84 bits per heavy atom. The van der Waals surface area contributed by atoms with Gasteiger partial charge in [-0.15, -0.1) is 0 Å². The van der Waals surface area contributed by atoms with Gasteiger partial charge in [-0.25, -0.2) is 4.79 Å². The third-order valence-electron chi connectivity index (χ3n) is 4.25. The van der Waals surface area contributed by atoms with Crippen LogP contribution in [0.1, 0.15) is 24.9 Å². The van der Waals surface area contributed by atoms with Crippen LogP contribution in [-0.4, -0.2) is 24.5 Å². The summed E-state index contributed by atoms with van der Waals surface area (Å²) >= 11 is 5.88. The van der Waals surface area contributed by atoms with Gasteiger partial charge in [0.2, 0.25) is 5.91 Å². The molecule has 130 valence electrons. The number of urea groups is 1. The molecule has 0 aromatic heterocycles.